The highest BCUT2D eigenvalue weighted by Crippen LogP contribution is 2.35. The summed E-state index contributed by atoms with van der Waals surface area (Å²) in [7, 11) is 0. The van der Waals surface area contributed by atoms with Gasteiger partial charge in [-0.05, 0) is 31.9 Å². The third kappa shape index (κ3) is 3.74. The van der Waals surface area contributed by atoms with Gasteiger partial charge < -0.3 is 15.3 Å². The molecule has 0 saturated heterocycles. The maximum Gasteiger partial charge on any atom is 0.311 e. The number of hydrogen-bond donors (Lipinski definition) is 2. The first-order valence-electron chi connectivity index (χ1n) is 7.35. The Morgan fingerprint density at radius 1 is 1.38 bits per heavy atom. The van der Waals surface area contributed by atoms with E-state index in [-0.39, 0.29) is 11.9 Å². The molecule has 1 aromatic rings. The minimum absolute atomic E-state index is 0.0304. The van der Waals surface area contributed by atoms with Crippen molar-refractivity contribution in [1.82, 2.24) is 5.32 Å². The molecule has 0 saturated carbocycles. The van der Waals surface area contributed by atoms with Gasteiger partial charge in [-0.3, -0.25) is 9.59 Å². The average Bonchev–Trinajstić information content (AvgIpc) is 2.43. The fourth-order valence-electron chi connectivity index (χ4n) is 2.75. The molecular formula is C16H22N2O3. The average molecular weight is 290 g/mol. The van der Waals surface area contributed by atoms with Gasteiger partial charge in [0.05, 0.1) is 5.92 Å². The van der Waals surface area contributed by atoms with Crippen LogP contribution in [0.15, 0.2) is 24.3 Å². The zero-order valence-corrected chi connectivity index (χ0v) is 12.5. The predicted molar refractivity (Wildman–Crippen MR) is 81.5 cm³/mol. The normalized spacial score (nSPS) is 17.5. The van der Waals surface area contributed by atoms with E-state index in [0.29, 0.717) is 25.9 Å². The molecule has 5 heteroatoms. The van der Waals surface area contributed by atoms with Crippen LogP contribution in [0.5, 0.6) is 0 Å². The number of carbonyl (C=O) groups excluding carboxylic acids is 1. The summed E-state index contributed by atoms with van der Waals surface area (Å²) >= 11 is 0. The van der Waals surface area contributed by atoms with Gasteiger partial charge >= 0.3 is 5.97 Å². The van der Waals surface area contributed by atoms with Crippen LogP contribution in [0.25, 0.3) is 0 Å². The molecule has 0 radical (unpaired) electrons. The van der Waals surface area contributed by atoms with Crippen molar-refractivity contribution in [2.45, 2.75) is 38.6 Å². The van der Waals surface area contributed by atoms with Crippen LogP contribution in [0.4, 0.5) is 5.69 Å². The van der Waals surface area contributed by atoms with Crippen molar-refractivity contribution in [2.75, 3.05) is 18.0 Å². The number of benzene rings is 1. The first-order chi connectivity index (χ1) is 9.99. The first-order valence-corrected chi connectivity index (χ1v) is 7.35. The number of aliphatic carboxylic acids is 1. The Bertz CT molecular complexity index is 528. The van der Waals surface area contributed by atoms with Crippen molar-refractivity contribution in [2.24, 2.45) is 0 Å². The van der Waals surface area contributed by atoms with Gasteiger partial charge in [0, 0.05) is 31.2 Å². The Kier molecular flexibility index (Phi) is 4.83. The number of nitrogens with one attached hydrogen (secondary N) is 1. The largest absolute Gasteiger partial charge is 0.481 e. The molecule has 1 heterocycles. The summed E-state index contributed by atoms with van der Waals surface area (Å²) in [6.45, 7) is 5.15. The lowest BCUT2D eigenvalue weighted by atomic mass is 9.90. The van der Waals surface area contributed by atoms with Gasteiger partial charge in [0.1, 0.15) is 0 Å². The zero-order chi connectivity index (χ0) is 15.4. The van der Waals surface area contributed by atoms with Crippen LogP contribution in [0.1, 0.15) is 38.2 Å². The molecule has 114 valence electrons. The number of carboxylic acid groups (broad SMARTS) is 1. The van der Waals surface area contributed by atoms with E-state index in [2.05, 4.69) is 10.2 Å². The highest BCUT2D eigenvalue weighted by Gasteiger charge is 2.29. The van der Waals surface area contributed by atoms with Gasteiger partial charge in [0.2, 0.25) is 5.91 Å². The molecule has 0 bridgehead atoms. The molecule has 1 atom stereocenters. The van der Waals surface area contributed by atoms with E-state index in [1.807, 2.05) is 38.1 Å². The number of anilines is 1. The summed E-state index contributed by atoms with van der Waals surface area (Å²) < 4.78 is 0. The second-order valence-corrected chi connectivity index (χ2v) is 5.70. The van der Waals surface area contributed by atoms with E-state index >= 15 is 0 Å². The lowest BCUT2D eigenvalue weighted by molar-refractivity contribution is -0.139. The van der Waals surface area contributed by atoms with Crippen molar-refractivity contribution < 1.29 is 14.7 Å². The summed E-state index contributed by atoms with van der Waals surface area (Å²) in [5, 5.41) is 12.2. The molecule has 1 aliphatic heterocycles. The molecule has 0 spiro atoms. The van der Waals surface area contributed by atoms with Crippen molar-refractivity contribution in [3.63, 3.8) is 0 Å². The van der Waals surface area contributed by atoms with Gasteiger partial charge in [-0.25, -0.2) is 0 Å². The standard InChI is InChI=1S/C16H22N2O3/c1-11(2)17-15(19)8-10-18-9-7-13(16(20)21)12-5-3-4-6-14(12)18/h3-6,11,13H,7-10H2,1-2H3,(H,17,19)(H,20,21). The van der Waals surface area contributed by atoms with Crippen molar-refractivity contribution >= 4 is 17.6 Å². The highest BCUT2D eigenvalue weighted by molar-refractivity contribution is 5.81. The van der Waals surface area contributed by atoms with E-state index in [1.54, 1.807) is 0 Å². The monoisotopic (exact) mass is 290 g/mol. The Labute approximate surface area is 125 Å². The topological polar surface area (TPSA) is 69.6 Å². The van der Waals surface area contributed by atoms with Gasteiger partial charge in [0.25, 0.3) is 0 Å². The van der Waals surface area contributed by atoms with Crippen LogP contribution in [-0.4, -0.2) is 36.1 Å². The van der Waals surface area contributed by atoms with Gasteiger partial charge in [-0.15, -0.1) is 0 Å². The molecule has 1 aliphatic rings. The van der Waals surface area contributed by atoms with Crippen LogP contribution in [0, 0.1) is 0 Å². The smallest absolute Gasteiger partial charge is 0.311 e. The fraction of sp³-hybridized carbons (Fsp3) is 0.500. The van der Waals surface area contributed by atoms with Crippen LogP contribution >= 0.6 is 0 Å². The summed E-state index contributed by atoms with van der Waals surface area (Å²) in [5.41, 5.74) is 1.79. The molecule has 2 N–H and O–H groups in total. The van der Waals surface area contributed by atoms with E-state index in [4.69, 9.17) is 0 Å². The lowest BCUT2D eigenvalue weighted by Crippen LogP contribution is -2.37. The van der Waals surface area contributed by atoms with Gasteiger partial charge in [0.15, 0.2) is 0 Å². The summed E-state index contributed by atoms with van der Waals surface area (Å²) in [4.78, 5) is 25.2. The number of hydrogen-bond acceptors (Lipinski definition) is 3. The van der Waals surface area contributed by atoms with Crippen LogP contribution in [0.3, 0.4) is 0 Å². The minimum atomic E-state index is -0.778. The number of nitrogens with zero attached hydrogens (tertiary/aromatic N) is 1. The quantitative estimate of drug-likeness (QED) is 0.870. The van der Waals surface area contributed by atoms with Crippen LogP contribution in [0.2, 0.25) is 0 Å². The molecule has 0 fully saturated rings. The Balaban J connectivity index is 2.07. The minimum Gasteiger partial charge on any atom is -0.481 e. The number of para-hydroxylation sites is 1. The third-order valence-corrected chi connectivity index (χ3v) is 3.70. The zero-order valence-electron chi connectivity index (χ0n) is 12.5. The van der Waals surface area contributed by atoms with Gasteiger partial charge in [-0.2, -0.15) is 0 Å². The number of amides is 1. The van der Waals surface area contributed by atoms with Crippen LogP contribution < -0.4 is 10.2 Å². The molecule has 1 aromatic carbocycles. The number of rotatable bonds is 5. The molecule has 2 rings (SSSR count). The van der Waals surface area contributed by atoms with Crippen molar-refractivity contribution in [1.29, 1.82) is 0 Å². The number of fused-ring (bicyclic) bond motifs is 1. The first kappa shape index (κ1) is 15.4. The molecule has 0 aromatic heterocycles. The SMILES string of the molecule is CC(C)NC(=O)CCN1CCC(C(=O)O)c2ccccc21. The van der Waals surface area contributed by atoms with Crippen LogP contribution in [-0.2, 0) is 9.59 Å². The predicted octanol–water partition coefficient (Wildman–Crippen LogP) is 1.98. The molecule has 21 heavy (non-hydrogen) atoms. The van der Waals surface area contributed by atoms with E-state index < -0.39 is 11.9 Å². The van der Waals surface area contributed by atoms with Gasteiger partial charge in [-0.1, -0.05) is 18.2 Å². The maximum absolute atomic E-state index is 11.7. The maximum atomic E-state index is 11.7. The summed E-state index contributed by atoms with van der Waals surface area (Å²) in [6, 6.07) is 7.72. The van der Waals surface area contributed by atoms with E-state index in [1.165, 1.54) is 0 Å². The van der Waals surface area contributed by atoms with Crippen molar-refractivity contribution in [3.05, 3.63) is 29.8 Å². The Hall–Kier alpha value is -2.04. The second kappa shape index (κ2) is 6.61. The summed E-state index contributed by atoms with van der Waals surface area (Å²) in [5.74, 6) is -1.19. The number of carbonyl (C=O) groups is 2. The molecule has 1 unspecified atom stereocenters. The summed E-state index contributed by atoms with van der Waals surface area (Å²) in [6.07, 6.45) is 1.00. The lowest BCUT2D eigenvalue weighted by Gasteiger charge is -2.34. The molecule has 0 aliphatic carbocycles. The van der Waals surface area contributed by atoms with Crippen molar-refractivity contribution in [3.8, 4) is 0 Å². The number of carboxylic acids is 1. The molecular weight excluding hydrogens is 268 g/mol. The van der Waals surface area contributed by atoms with E-state index in [0.717, 1.165) is 11.3 Å². The second-order valence-electron chi connectivity index (χ2n) is 5.70. The fourth-order valence-corrected chi connectivity index (χ4v) is 2.75. The Morgan fingerprint density at radius 2 is 2.10 bits per heavy atom. The highest BCUT2D eigenvalue weighted by atomic mass is 16.4. The molecule has 5 nitrogen and oxygen atoms in total. The Morgan fingerprint density at radius 3 is 2.76 bits per heavy atom. The third-order valence-electron chi connectivity index (χ3n) is 3.70. The van der Waals surface area contributed by atoms with E-state index in [9.17, 15) is 14.7 Å². The molecule has 1 amide bonds.